The molecular weight excluding hydrogens is 472 g/mol. The number of aliphatic hydroxyl groups is 1. The van der Waals surface area contributed by atoms with Crippen molar-refractivity contribution in [2.45, 2.75) is 76.3 Å². The number of benzene rings is 3. The SMILES string of the molecule is C=C(C)[C@H](O)CC(=O)C[C@H](O[Si](C)(C)C(C)(C)C)C(c1ccccc1)(c1ccccc1)c1ccccc1. The van der Waals surface area contributed by atoms with Crippen LogP contribution < -0.4 is 0 Å². The van der Waals surface area contributed by atoms with Crippen molar-refractivity contribution in [1.29, 1.82) is 0 Å². The topological polar surface area (TPSA) is 46.5 Å². The Morgan fingerprint density at radius 1 is 0.811 bits per heavy atom. The summed E-state index contributed by atoms with van der Waals surface area (Å²) in [7, 11) is -2.34. The molecule has 1 N–H and O–H groups in total. The summed E-state index contributed by atoms with van der Waals surface area (Å²) in [6, 6.07) is 31.1. The minimum absolute atomic E-state index is 0.0289. The van der Waals surface area contributed by atoms with Crippen LogP contribution in [0.3, 0.4) is 0 Å². The normalized spacial score (nSPS) is 14.1. The van der Waals surface area contributed by atoms with Crippen molar-refractivity contribution in [3.05, 3.63) is 120 Å². The molecule has 196 valence electrons. The van der Waals surface area contributed by atoms with Crippen molar-refractivity contribution in [2.24, 2.45) is 0 Å². The molecule has 0 aliphatic carbocycles. The van der Waals surface area contributed by atoms with Crippen molar-refractivity contribution in [1.82, 2.24) is 0 Å². The molecule has 0 spiro atoms. The number of rotatable bonds is 11. The Morgan fingerprint density at radius 3 is 1.51 bits per heavy atom. The van der Waals surface area contributed by atoms with Crippen molar-refractivity contribution in [3.8, 4) is 0 Å². The maximum absolute atomic E-state index is 13.6. The Labute approximate surface area is 224 Å². The van der Waals surface area contributed by atoms with E-state index in [4.69, 9.17) is 4.43 Å². The molecule has 0 aromatic heterocycles. The fourth-order valence-electron chi connectivity index (χ4n) is 4.66. The molecule has 0 radical (unpaired) electrons. The van der Waals surface area contributed by atoms with Gasteiger partial charge in [-0.3, -0.25) is 4.79 Å². The van der Waals surface area contributed by atoms with Crippen LogP contribution in [0, 0.1) is 0 Å². The van der Waals surface area contributed by atoms with Crippen molar-refractivity contribution in [3.63, 3.8) is 0 Å². The van der Waals surface area contributed by atoms with E-state index >= 15 is 0 Å². The van der Waals surface area contributed by atoms with Crippen LogP contribution in [0.1, 0.15) is 57.2 Å². The largest absolute Gasteiger partial charge is 0.412 e. The Bertz CT molecular complexity index is 1070. The average Bonchev–Trinajstić information content (AvgIpc) is 2.85. The second kappa shape index (κ2) is 11.7. The van der Waals surface area contributed by atoms with E-state index in [1.165, 1.54) is 0 Å². The molecule has 3 rings (SSSR count). The minimum atomic E-state index is -2.34. The number of aliphatic hydroxyl groups excluding tert-OH is 1. The number of hydrogen-bond donors (Lipinski definition) is 1. The van der Waals surface area contributed by atoms with Crippen LogP contribution in [0.5, 0.6) is 0 Å². The molecule has 37 heavy (non-hydrogen) atoms. The first-order valence-corrected chi connectivity index (χ1v) is 16.0. The molecule has 0 aliphatic heterocycles. The van der Waals surface area contributed by atoms with Gasteiger partial charge in [-0.1, -0.05) is 124 Å². The van der Waals surface area contributed by atoms with Gasteiger partial charge in [0, 0.05) is 12.8 Å². The lowest BCUT2D eigenvalue weighted by Gasteiger charge is -2.48. The van der Waals surface area contributed by atoms with Crippen LogP contribution in [-0.2, 0) is 14.6 Å². The lowest BCUT2D eigenvalue weighted by molar-refractivity contribution is -0.122. The van der Waals surface area contributed by atoms with E-state index < -0.39 is 25.9 Å². The van der Waals surface area contributed by atoms with E-state index in [0.29, 0.717) is 5.57 Å². The third kappa shape index (κ3) is 6.38. The van der Waals surface area contributed by atoms with E-state index in [1.807, 2.05) is 54.6 Å². The first-order chi connectivity index (χ1) is 17.4. The maximum Gasteiger partial charge on any atom is 0.192 e. The van der Waals surface area contributed by atoms with Crippen LogP contribution in [0.15, 0.2) is 103 Å². The quantitative estimate of drug-likeness (QED) is 0.162. The molecule has 0 aliphatic rings. The summed E-state index contributed by atoms with van der Waals surface area (Å²) in [5.41, 5.74) is 3.08. The molecule has 0 amide bonds. The summed E-state index contributed by atoms with van der Waals surface area (Å²) in [4.78, 5) is 13.6. The highest BCUT2D eigenvalue weighted by Crippen LogP contribution is 2.48. The molecule has 0 heterocycles. The molecule has 3 aromatic carbocycles. The lowest BCUT2D eigenvalue weighted by atomic mass is 9.64. The first-order valence-electron chi connectivity index (χ1n) is 13.1. The highest BCUT2D eigenvalue weighted by atomic mass is 28.4. The Morgan fingerprint density at radius 2 is 1.19 bits per heavy atom. The standard InChI is InChI=1S/C33H42O3Si/c1-25(2)30(35)23-29(34)24-31(36-37(6,7)32(3,4)5)33(26-17-11-8-12-18-26,27-19-13-9-14-20-27)28-21-15-10-16-22-28/h8-22,30-31,35H,1,23-24H2,2-7H3/t30-,31+/m1/s1. The highest BCUT2D eigenvalue weighted by Gasteiger charge is 2.49. The van der Waals surface area contributed by atoms with Crippen molar-refractivity contribution < 1.29 is 14.3 Å². The Hall–Kier alpha value is -2.79. The van der Waals surface area contributed by atoms with Crippen molar-refractivity contribution in [2.75, 3.05) is 0 Å². The summed E-state index contributed by atoms with van der Waals surface area (Å²) in [5.74, 6) is -0.0358. The second-order valence-corrected chi connectivity index (χ2v) is 16.3. The highest BCUT2D eigenvalue weighted by molar-refractivity contribution is 6.74. The van der Waals surface area contributed by atoms with E-state index in [1.54, 1.807) is 6.92 Å². The molecule has 0 fully saturated rings. The molecular formula is C33H42O3Si. The minimum Gasteiger partial charge on any atom is -0.412 e. The zero-order chi connectivity index (χ0) is 27.3. The lowest BCUT2D eigenvalue weighted by Crippen LogP contribution is -2.53. The van der Waals surface area contributed by atoms with Crippen LogP contribution in [-0.4, -0.2) is 31.4 Å². The fraction of sp³-hybridized carbons (Fsp3) is 0.364. The monoisotopic (exact) mass is 514 g/mol. The van der Waals surface area contributed by atoms with Crippen LogP contribution in [0.25, 0.3) is 0 Å². The van der Waals surface area contributed by atoms with Gasteiger partial charge in [0.15, 0.2) is 8.32 Å². The van der Waals surface area contributed by atoms with Crippen molar-refractivity contribution >= 4 is 14.1 Å². The molecule has 3 nitrogen and oxygen atoms in total. The summed E-state index contributed by atoms with van der Waals surface area (Å²) < 4.78 is 7.26. The van der Waals surface area contributed by atoms with Gasteiger partial charge in [0.25, 0.3) is 0 Å². The van der Waals surface area contributed by atoms with Gasteiger partial charge >= 0.3 is 0 Å². The number of hydrogen-bond acceptors (Lipinski definition) is 3. The Balaban J connectivity index is 2.33. The van der Waals surface area contributed by atoms with Crippen LogP contribution in [0.2, 0.25) is 18.1 Å². The smallest absolute Gasteiger partial charge is 0.192 e. The zero-order valence-electron chi connectivity index (χ0n) is 23.2. The Kier molecular flexibility index (Phi) is 9.12. The van der Waals surface area contributed by atoms with E-state index in [9.17, 15) is 9.90 Å². The fourth-order valence-corrected chi connectivity index (χ4v) is 5.98. The van der Waals surface area contributed by atoms with Gasteiger partial charge in [-0.2, -0.15) is 0 Å². The van der Waals surface area contributed by atoms with E-state index in [-0.39, 0.29) is 23.7 Å². The average molecular weight is 515 g/mol. The molecule has 0 unspecified atom stereocenters. The summed E-state index contributed by atoms with van der Waals surface area (Å²) in [6.07, 6.45) is -1.14. The molecule has 3 aromatic rings. The van der Waals surface area contributed by atoms with Gasteiger partial charge < -0.3 is 9.53 Å². The van der Waals surface area contributed by atoms with E-state index in [2.05, 4.69) is 76.8 Å². The van der Waals surface area contributed by atoms with E-state index in [0.717, 1.165) is 16.7 Å². The summed E-state index contributed by atoms with van der Waals surface area (Å²) >= 11 is 0. The predicted molar refractivity (Wildman–Crippen MR) is 156 cm³/mol. The van der Waals surface area contributed by atoms with Gasteiger partial charge in [0.05, 0.1) is 17.6 Å². The first kappa shape index (κ1) is 28.8. The third-order valence-electron chi connectivity index (χ3n) is 7.82. The van der Waals surface area contributed by atoms with Gasteiger partial charge in [-0.05, 0) is 41.7 Å². The number of carbonyl (C=O) groups excluding carboxylic acids is 1. The zero-order valence-corrected chi connectivity index (χ0v) is 24.2. The summed E-state index contributed by atoms with van der Waals surface area (Å²) in [5, 5.41) is 10.4. The molecule has 4 heteroatoms. The number of Topliss-reactive ketones (excluding diaryl/α,β-unsaturated/α-hetero) is 1. The van der Waals surface area contributed by atoms with Crippen LogP contribution >= 0.6 is 0 Å². The number of carbonyl (C=O) groups is 1. The molecule has 0 saturated carbocycles. The molecule has 2 atom stereocenters. The molecule has 0 saturated heterocycles. The molecule has 0 bridgehead atoms. The third-order valence-corrected chi connectivity index (χ3v) is 12.3. The number of ketones is 1. The second-order valence-electron chi connectivity index (χ2n) is 11.6. The van der Waals surface area contributed by atoms with Gasteiger partial charge in [-0.15, -0.1) is 0 Å². The van der Waals surface area contributed by atoms with Crippen LogP contribution in [0.4, 0.5) is 0 Å². The predicted octanol–water partition coefficient (Wildman–Crippen LogP) is 7.70. The summed E-state index contributed by atoms with van der Waals surface area (Å²) in [6.45, 7) is 16.7. The van der Waals surface area contributed by atoms with Gasteiger partial charge in [0.1, 0.15) is 5.78 Å². The van der Waals surface area contributed by atoms with Gasteiger partial charge in [-0.25, -0.2) is 0 Å². The maximum atomic E-state index is 13.6. The van der Waals surface area contributed by atoms with Gasteiger partial charge in [0.2, 0.25) is 0 Å².